The summed E-state index contributed by atoms with van der Waals surface area (Å²) in [6.07, 6.45) is 1.90. The van der Waals surface area contributed by atoms with E-state index >= 15 is 0 Å². The van der Waals surface area contributed by atoms with Crippen LogP contribution in [-0.2, 0) is 20.3 Å². The van der Waals surface area contributed by atoms with Crippen LogP contribution in [0.5, 0.6) is 0 Å². The van der Waals surface area contributed by atoms with Crippen LogP contribution >= 0.6 is 0 Å². The first-order valence-corrected chi connectivity index (χ1v) is 9.42. The van der Waals surface area contributed by atoms with E-state index in [4.69, 9.17) is 0 Å². The van der Waals surface area contributed by atoms with Crippen molar-refractivity contribution in [2.45, 2.75) is 36.2 Å². The van der Waals surface area contributed by atoms with Gasteiger partial charge in [0.15, 0.2) is 0 Å². The number of hydrogen-bond donors (Lipinski definition) is 1. The Morgan fingerprint density at radius 3 is 2.22 bits per heavy atom. The Balaban J connectivity index is 2.21. The molecule has 2 aromatic carbocycles. The third-order valence-corrected chi connectivity index (χ3v) is 7.43. The van der Waals surface area contributed by atoms with Crippen LogP contribution in [0.3, 0.4) is 0 Å². The number of fused-ring (bicyclic) bond motifs is 1. The summed E-state index contributed by atoms with van der Waals surface area (Å²) in [7, 11) is 0.963. The molecule has 0 spiro atoms. The Morgan fingerprint density at radius 2 is 1.57 bits per heavy atom. The lowest BCUT2D eigenvalue weighted by atomic mass is 9.82. The van der Waals surface area contributed by atoms with E-state index in [-0.39, 0.29) is 4.75 Å². The number of benzene rings is 2. The van der Waals surface area contributed by atoms with Crippen molar-refractivity contribution >= 4 is 10.8 Å². The van der Waals surface area contributed by atoms with Crippen LogP contribution in [0.25, 0.3) is 0 Å². The van der Waals surface area contributed by atoms with Crippen molar-refractivity contribution in [1.29, 1.82) is 0 Å². The Labute approximate surface area is 141 Å². The van der Waals surface area contributed by atoms with Crippen LogP contribution < -0.4 is 5.32 Å². The molecular formula is C20H25NOS. The van der Waals surface area contributed by atoms with Gasteiger partial charge in [-0.3, -0.25) is 4.21 Å². The first-order chi connectivity index (χ1) is 11.0. The maximum Gasteiger partial charge on any atom is 0.0968 e. The van der Waals surface area contributed by atoms with Crippen molar-refractivity contribution in [3.05, 3.63) is 71.3 Å². The maximum atomic E-state index is 13.7. The molecule has 0 radical (unpaired) electrons. The van der Waals surface area contributed by atoms with Gasteiger partial charge in [0.1, 0.15) is 0 Å². The second kappa shape index (κ2) is 6.21. The molecule has 1 N–H and O–H groups in total. The molecule has 0 aliphatic carbocycles. The minimum atomic E-state index is -1.01. The molecule has 23 heavy (non-hydrogen) atoms. The number of hydrogen-bond acceptors (Lipinski definition) is 2. The molecule has 2 atom stereocenters. The second-order valence-corrected chi connectivity index (χ2v) is 8.98. The normalized spacial score (nSPS) is 25.3. The Morgan fingerprint density at radius 1 is 0.957 bits per heavy atom. The van der Waals surface area contributed by atoms with E-state index in [1.165, 1.54) is 16.7 Å². The zero-order chi connectivity index (χ0) is 16.5. The molecule has 1 heterocycles. The topological polar surface area (TPSA) is 29.1 Å². The van der Waals surface area contributed by atoms with Gasteiger partial charge in [0.05, 0.1) is 9.49 Å². The molecule has 2 aromatic rings. The zero-order valence-electron chi connectivity index (χ0n) is 14.1. The molecule has 0 saturated heterocycles. The molecule has 0 saturated carbocycles. The van der Waals surface area contributed by atoms with Crippen molar-refractivity contribution in [2.75, 3.05) is 13.6 Å². The second-order valence-electron chi connectivity index (χ2n) is 6.72. The molecule has 0 fully saturated rings. The molecule has 3 heteroatoms. The van der Waals surface area contributed by atoms with Gasteiger partial charge >= 0.3 is 0 Å². The minimum Gasteiger partial charge on any atom is -0.320 e. The standard InChI is InChI=1S/C20H25NOS/c1-19(2)17-12-7-8-13-18(17)20(23(19)22,14-9-15-21-3)16-10-5-4-6-11-16/h4-8,10-13,21H,9,14-15H2,1-3H3. The monoisotopic (exact) mass is 327 g/mol. The SMILES string of the molecule is CNCCCC1(c2ccccc2)c2ccccc2C(C)(C)S1=O. The summed E-state index contributed by atoms with van der Waals surface area (Å²) >= 11 is 0. The molecule has 0 amide bonds. The fraction of sp³-hybridized carbons (Fsp3) is 0.400. The van der Waals surface area contributed by atoms with Crippen LogP contribution in [-0.4, -0.2) is 17.8 Å². The summed E-state index contributed by atoms with van der Waals surface area (Å²) in [4.78, 5) is 0. The predicted molar refractivity (Wildman–Crippen MR) is 98.0 cm³/mol. The summed E-state index contributed by atoms with van der Waals surface area (Å²) in [6.45, 7) is 5.17. The number of rotatable bonds is 5. The highest BCUT2D eigenvalue weighted by atomic mass is 32.2. The zero-order valence-corrected chi connectivity index (χ0v) is 15.0. The maximum absolute atomic E-state index is 13.7. The van der Waals surface area contributed by atoms with Gasteiger partial charge in [0.25, 0.3) is 0 Å². The molecule has 2 unspecified atom stereocenters. The van der Waals surface area contributed by atoms with Gasteiger partial charge < -0.3 is 5.32 Å². The van der Waals surface area contributed by atoms with Crippen LogP contribution in [0, 0.1) is 0 Å². The summed E-state index contributed by atoms with van der Waals surface area (Å²) in [5.74, 6) is 0. The predicted octanol–water partition coefficient (Wildman–Crippen LogP) is 3.93. The molecule has 1 aliphatic rings. The van der Waals surface area contributed by atoms with E-state index in [1.54, 1.807) is 0 Å². The van der Waals surface area contributed by atoms with E-state index in [9.17, 15) is 4.21 Å². The van der Waals surface area contributed by atoms with Gasteiger partial charge in [0.2, 0.25) is 0 Å². The van der Waals surface area contributed by atoms with Crippen LogP contribution in [0.2, 0.25) is 0 Å². The van der Waals surface area contributed by atoms with E-state index < -0.39 is 15.5 Å². The third kappa shape index (κ3) is 2.47. The van der Waals surface area contributed by atoms with E-state index in [2.05, 4.69) is 67.7 Å². The Kier molecular flexibility index (Phi) is 4.43. The largest absolute Gasteiger partial charge is 0.320 e. The summed E-state index contributed by atoms with van der Waals surface area (Å²) in [6, 6.07) is 18.9. The fourth-order valence-corrected chi connectivity index (χ4v) is 6.16. The summed E-state index contributed by atoms with van der Waals surface area (Å²) in [5.41, 5.74) is 3.64. The highest BCUT2D eigenvalue weighted by molar-refractivity contribution is 7.87. The third-order valence-electron chi connectivity index (χ3n) is 4.99. The van der Waals surface area contributed by atoms with Gasteiger partial charge in [-0.25, -0.2) is 0 Å². The summed E-state index contributed by atoms with van der Waals surface area (Å²) < 4.78 is 13.0. The lowest BCUT2D eigenvalue weighted by Gasteiger charge is -2.32. The molecule has 1 aliphatic heterocycles. The summed E-state index contributed by atoms with van der Waals surface area (Å²) in [5, 5.41) is 3.22. The Hall–Kier alpha value is -1.45. The molecule has 0 aromatic heterocycles. The van der Waals surface area contributed by atoms with E-state index in [1.807, 2.05) is 13.1 Å². The molecular weight excluding hydrogens is 302 g/mol. The first-order valence-electron chi connectivity index (χ1n) is 8.27. The van der Waals surface area contributed by atoms with Gasteiger partial charge in [-0.15, -0.1) is 0 Å². The van der Waals surface area contributed by atoms with Crippen molar-refractivity contribution in [1.82, 2.24) is 5.32 Å². The lowest BCUT2D eigenvalue weighted by molar-refractivity contribution is 0.569. The van der Waals surface area contributed by atoms with Crippen molar-refractivity contribution in [2.24, 2.45) is 0 Å². The fourth-order valence-electron chi connectivity index (χ4n) is 3.85. The average Bonchev–Trinajstić information content (AvgIpc) is 2.75. The van der Waals surface area contributed by atoms with E-state index in [0.717, 1.165) is 19.4 Å². The van der Waals surface area contributed by atoms with Crippen LogP contribution in [0.1, 0.15) is 43.4 Å². The van der Waals surface area contributed by atoms with E-state index in [0.29, 0.717) is 0 Å². The lowest BCUT2D eigenvalue weighted by Crippen LogP contribution is -2.34. The minimum absolute atomic E-state index is 0.327. The van der Waals surface area contributed by atoms with Gasteiger partial charge in [-0.1, -0.05) is 54.6 Å². The van der Waals surface area contributed by atoms with Gasteiger partial charge in [0, 0.05) is 10.8 Å². The molecule has 3 rings (SSSR count). The van der Waals surface area contributed by atoms with Crippen LogP contribution in [0.15, 0.2) is 54.6 Å². The smallest absolute Gasteiger partial charge is 0.0968 e. The highest BCUT2D eigenvalue weighted by Gasteiger charge is 2.54. The van der Waals surface area contributed by atoms with Gasteiger partial charge in [-0.05, 0) is 57.0 Å². The highest BCUT2D eigenvalue weighted by Crippen LogP contribution is 2.55. The molecule has 122 valence electrons. The first kappa shape index (κ1) is 16.4. The quantitative estimate of drug-likeness (QED) is 0.843. The van der Waals surface area contributed by atoms with Gasteiger partial charge in [-0.2, -0.15) is 0 Å². The molecule has 2 nitrogen and oxygen atoms in total. The average molecular weight is 327 g/mol. The van der Waals surface area contributed by atoms with Crippen molar-refractivity contribution in [3.8, 4) is 0 Å². The Bertz CT molecular complexity index is 711. The molecule has 0 bridgehead atoms. The van der Waals surface area contributed by atoms with Crippen LogP contribution in [0.4, 0.5) is 0 Å². The van der Waals surface area contributed by atoms with Crippen molar-refractivity contribution < 1.29 is 4.21 Å². The van der Waals surface area contributed by atoms with Crippen molar-refractivity contribution in [3.63, 3.8) is 0 Å². The number of nitrogens with one attached hydrogen (secondary N) is 1.